The molecule has 0 spiro atoms. The summed E-state index contributed by atoms with van der Waals surface area (Å²) in [5.41, 5.74) is 1.63. The summed E-state index contributed by atoms with van der Waals surface area (Å²) in [4.78, 5) is 12.3. The third-order valence-corrected chi connectivity index (χ3v) is 4.50. The first kappa shape index (κ1) is 15.5. The Morgan fingerprint density at radius 2 is 1.75 bits per heavy atom. The van der Waals surface area contributed by atoms with Gasteiger partial charge >= 0.3 is 0 Å². The lowest BCUT2D eigenvalue weighted by molar-refractivity contribution is 0.102. The van der Waals surface area contributed by atoms with Crippen molar-refractivity contribution < 1.29 is 9.90 Å². The summed E-state index contributed by atoms with van der Waals surface area (Å²) in [5, 5.41) is 12.5. The van der Waals surface area contributed by atoms with Crippen molar-refractivity contribution in [3.63, 3.8) is 0 Å². The highest BCUT2D eigenvalue weighted by atomic mass is 79.9. The molecule has 3 nitrogen and oxygen atoms in total. The van der Waals surface area contributed by atoms with Crippen LogP contribution in [0.5, 0.6) is 5.75 Å². The molecule has 0 saturated carbocycles. The highest BCUT2D eigenvalue weighted by molar-refractivity contribution is 9.11. The van der Waals surface area contributed by atoms with E-state index in [0.717, 1.165) is 13.4 Å². The maximum absolute atomic E-state index is 12.3. The Morgan fingerprint density at radius 1 is 1.15 bits per heavy atom. The number of hydrogen-bond donors (Lipinski definition) is 2. The summed E-state index contributed by atoms with van der Waals surface area (Å²) in [7, 11) is 0. The maximum Gasteiger partial charge on any atom is 0.256 e. The topological polar surface area (TPSA) is 49.3 Å². The van der Waals surface area contributed by atoms with Crippen LogP contribution < -0.4 is 5.32 Å². The minimum absolute atomic E-state index is 0.103. The van der Waals surface area contributed by atoms with Crippen molar-refractivity contribution in [1.82, 2.24) is 0 Å². The summed E-state index contributed by atoms with van der Waals surface area (Å²) in [5.74, 6) is -0.172. The number of carbonyl (C=O) groups excluding carboxylic acids is 1. The summed E-state index contributed by atoms with van der Waals surface area (Å²) in [6.45, 7) is 1.70. The maximum atomic E-state index is 12.3. The van der Waals surface area contributed by atoms with Crippen LogP contribution in [0.2, 0.25) is 0 Å². The molecule has 0 bridgehead atoms. The molecule has 2 N–H and O–H groups in total. The van der Waals surface area contributed by atoms with E-state index < -0.39 is 0 Å². The molecule has 0 fully saturated rings. The first-order valence-electron chi connectivity index (χ1n) is 5.64. The van der Waals surface area contributed by atoms with Crippen LogP contribution in [0.15, 0.2) is 43.7 Å². The number of phenolic OH excluding ortho intramolecular Hbond substituents is 1. The first-order chi connectivity index (χ1) is 9.40. The second-order valence-electron chi connectivity index (χ2n) is 4.15. The molecule has 1 amide bonds. The average Bonchev–Trinajstić information content (AvgIpc) is 2.36. The summed E-state index contributed by atoms with van der Waals surface area (Å²) in [6.07, 6.45) is 0. The predicted molar refractivity (Wildman–Crippen MR) is 90.3 cm³/mol. The van der Waals surface area contributed by atoms with Crippen LogP contribution in [0.25, 0.3) is 0 Å². The van der Waals surface area contributed by atoms with Crippen molar-refractivity contribution in [2.75, 3.05) is 5.32 Å². The molecular formula is C14H10Br3NO2. The highest BCUT2D eigenvalue weighted by Crippen LogP contribution is 2.35. The lowest BCUT2D eigenvalue weighted by Crippen LogP contribution is -2.14. The second kappa shape index (κ2) is 6.28. The average molecular weight is 464 g/mol. The van der Waals surface area contributed by atoms with Gasteiger partial charge in [0.25, 0.3) is 5.91 Å². The normalized spacial score (nSPS) is 10.4. The zero-order valence-corrected chi connectivity index (χ0v) is 15.1. The molecule has 0 saturated heterocycles. The summed E-state index contributed by atoms with van der Waals surface area (Å²) < 4.78 is 2.40. The number of anilines is 1. The van der Waals surface area contributed by atoms with Crippen LogP contribution in [-0.4, -0.2) is 11.0 Å². The molecule has 6 heteroatoms. The largest absolute Gasteiger partial charge is 0.508 e. The van der Waals surface area contributed by atoms with Crippen molar-refractivity contribution in [3.8, 4) is 5.75 Å². The lowest BCUT2D eigenvalue weighted by atomic mass is 10.1. The minimum atomic E-state index is -0.276. The van der Waals surface area contributed by atoms with Gasteiger partial charge in [0.15, 0.2) is 0 Å². The van der Waals surface area contributed by atoms with Crippen molar-refractivity contribution >= 4 is 59.4 Å². The Kier molecular flexibility index (Phi) is 4.88. The van der Waals surface area contributed by atoms with E-state index in [1.54, 1.807) is 25.1 Å². The van der Waals surface area contributed by atoms with Gasteiger partial charge in [-0.2, -0.15) is 0 Å². The molecule has 104 valence electrons. The molecule has 0 unspecified atom stereocenters. The molecule has 2 aromatic carbocycles. The standard InChI is InChI=1S/C14H10Br3NO2/c1-7-9(3-2-4-12(7)19)14(20)18-13-10(16)5-8(15)6-11(13)17/h2-6,19H,1H3,(H,18,20). The van der Waals surface area contributed by atoms with E-state index in [9.17, 15) is 9.90 Å². The Morgan fingerprint density at radius 3 is 2.35 bits per heavy atom. The van der Waals surface area contributed by atoms with Gasteiger partial charge in [-0.1, -0.05) is 22.0 Å². The Balaban J connectivity index is 2.36. The fourth-order valence-electron chi connectivity index (χ4n) is 1.71. The van der Waals surface area contributed by atoms with Gasteiger partial charge < -0.3 is 10.4 Å². The van der Waals surface area contributed by atoms with Crippen molar-refractivity contribution in [1.29, 1.82) is 0 Å². The number of nitrogens with one attached hydrogen (secondary N) is 1. The molecule has 0 aliphatic carbocycles. The van der Waals surface area contributed by atoms with Crippen molar-refractivity contribution in [2.45, 2.75) is 6.92 Å². The molecule has 0 atom stereocenters. The smallest absolute Gasteiger partial charge is 0.256 e. The van der Waals surface area contributed by atoms with Gasteiger partial charge in [-0.05, 0) is 63.0 Å². The molecule has 0 aromatic heterocycles. The van der Waals surface area contributed by atoms with Crippen molar-refractivity contribution in [2.24, 2.45) is 0 Å². The van der Waals surface area contributed by atoms with Crippen LogP contribution >= 0.6 is 47.8 Å². The summed E-state index contributed by atoms with van der Waals surface area (Å²) in [6, 6.07) is 8.55. The number of halogens is 3. The Hall–Kier alpha value is -0.850. The predicted octanol–water partition coefficient (Wildman–Crippen LogP) is 5.24. The van der Waals surface area contributed by atoms with Gasteiger partial charge in [-0.15, -0.1) is 0 Å². The van der Waals surface area contributed by atoms with Crippen LogP contribution in [-0.2, 0) is 0 Å². The minimum Gasteiger partial charge on any atom is -0.508 e. The zero-order chi connectivity index (χ0) is 14.9. The molecule has 20 heavy (non-hydrogen) atoms. The number of carbonyl (C=O) groups is 1. The van der Waals surface area contributed by atoms with Gasteiger partial charge in [0.1, 0.15) is 5.75 Å². The van der Waals surface area contributed by atoms with E-state index in [1.165, 1.54) is 0 Å². The van der Waals surface area contributed by atoms with Crippen molar-refractivity contribution in [3.05, 3.63) is 54.9 Å². The second-order valence-corrected chi connectivity index (χ2v) is 6.77. The van der Waals surface area contributed by atoms with Gasteiger partial charge in [0, 0.05) is 24.5 Å². The molecule has 2 rings (SSSR count). The van der Waals surface area contributed by atoms with E-state index >= 15 is 0 Å². The van der Waals surface area contributed by atoms with E-state index in [-0.39, 0.29) is 11.7 Å². The Bertz CT molecular complexity index is 663. The van der Waals surface area contributed by atoms with Crippen LogP contribution in [0.3, 0.4) is 0 Å². The fourth-order valence-corrected chi connectivity index (χ4v) is 4.17. The lowest BCUT2D eigenvalue weighted by Gasteiger charge is -2.12. The molecule has 0 aliphatic heterocycles. The number of amides is 1. The van der Waals surface area contributed by atoms with Gasteiger partial charge in [-0.3, -0.25) is 4.79 Å². The first-order valence-corrected chi connectivity index (χ1v) is 8.02. The number of phenols is 1. The third kappa shape index (κ3) is 3.24. The number of benzene rings is 2. The Labute approximate surface area is 141 Å². The molecule has 2 aromatic rings. The molecule has 0 heterocycles. The van der Waals surface area contributed by atoms with E-state index in [4.69, 9.17) is 0 Å². The zero-order valence-electron chi connectivity index (χ0n) is 10.4. The van der Waals surface area contributed by atoms with Gasteiger partial charge in [0.05, 0.1) is 5.69 Å². The van der Waals surface area contributed by atoms with E-state index in [1.807, 2.05) is 12.1 Å². The number of hydrogen-bond acceptors (Lipinski definition) is 2. The van der Waals surface area contributed by atoms with E-state index in [2.05, 4.69) is 53.1 Å². The quantitative estimate of drug-likeness (QED) is 0.639. The van der Waals surface area contributed by atoms with Gasteiger partial charge in [-0.25, -0.2) is 0 Å². The highest BCUT2D eigenvalue weighted by Gasteiger charge is 2.15. The van der Waals surface area contributed by atoms with Crippen LogP contribution in [0.4, 0.5) is 5.69 Å². The molecule has 0 radical (unpaired) electrons. The van der Waals surface area contributed by atoms with Gasteiger partial charge in [0.2, 0.25) is 0 Å². The third-order valence-electron chi connectivity index (χ3n) is 2.80. The molecule has 0 aliphatic rings. The monoisotopic (exact) mass is 461 g/mol. The van der Waals surface area contributed by atoms with Crippen LogP contribution in [0.1, 0.15) is 15.9 Å². The fraction of sp³-hybridized carbons (Fsp3) is 0.0714. The number of aromatic hydroxyl groups is 1. The summed E-state index contributed by atoms with van der Waals surface area (Å²) >= 11 is 10.2. The van der Waals surface area contributed by atoms with Crippen LogP contribution in [0, 0.1) is 6.92 Å². The number of rotatable bonds is 2. The SMILES string of the molecule is Cc1c(O)cccc1C(=O)Nc1c(Br)cc(Br)cc1Br. The molecular weight excluding hydrogens is 454 g/mol. The van der Waals surface area contributed by atoms with E-state index in [0.29, 0.717) is 16.8 Å².